The van der Waals surface area contributed by atoms with Crippen molar-refractivity contribution in [1.29, 1.82) is 0 Å². The van der Waals surface area contributed by atoms with Crippen molar-refractivity contribution < 1.29 is 9.18 Å². The summed E-state index contributed by atoms with van der Waals surface area (Å²) in [6, 6.07) is 6.23. The Morgan fingerprint density at radius 3 is 3.00 bits per heavy atom. The zero-order valence-electron chi connectivity index (χ0n) is 15.0. The van der Waals surface area contributed by atoms with Crippen molar-refractivity contribution in [1.82, 2.24) is 19.8 Å². The van der Waals surface area contributed by atoms with Crippen molar-refractivity contribution in [3.63, 3.8) is 0 Å². The number of rotatable bonds is 3. The number of hydrogen-bond acceptors (Lipinski definition) is 4. The number of amides is 1. The third-order valence-electron chi connectivity index (χ3n) is 5.31. The van der Waals surface area contributed by atoms with Crippen molar-refractivity contribution >= 4 is 5.91 Å². The molecule has 1 aromatic heterocycles. The molecule has 1 amide bonds. The Kier molecular flexibility index (Phi) is 4.68. The van der Waals surface area contributed by atoms with Crippen molar-refractivity contribution in [2.75, 3.05) is 26.7 Å². The van der Waals surface area contributed by atoms with E-state index < -0.39 is 0 Å². The highest BCUT2D eigenvalue weighted by Crippen LogP contribution is 2.25. The van der Waals surface area contributed by atoms with Gasteiger partial charge < -0.3 is 9.80 Å². The van der Waals surface area contributed by atoms with Crippen LogP contribution in [0.1, 0.15) is 35.0 Å². The highest BCUT2D eigenvalue weighted by molar-refractivity contribution is 5.79. The van der Waals surface area contributed by atoms with Crippen molar-refractivity contribution in [2.24, 2.45) is 0 Å². The summed E-state index contributed by atoms with van der Waals surface area (Å²) >= 11 is 0. The lowest BCUT2D eigenvalue weighted by molar-refractivity contribution is -0.131. The average molecular weight is 354 g/mol. The minimum Gasteiger partial charge on any atom is -0.338 e. The number of likely N-dealkylation sites (N-methyl/N-ethyl adjacent to an activating group) is 1. The summed E-state index contributed by atoms with van der Waals surface area (Å²) in [6.45, 7) is 3.29. The second kappa shape index (κ2) is 7.11. The van der Waals surface area contributed by atoms with Crippen molar-refractivity contribution in [3.8, 4) is 0 Å². The number of nitrogens with zero attached hydrogens (tertiary/aromatic N) is 4. The molecule has 1 unspecified atom stereocenters. The molecule has 1 atom stereocenters. The van der Waals surface area contributed by atoms with Gasteiger partial charge in [0.25, 0.3) is 0 Å². The lowest BCUT2D eigenvalue weighted by Crippen LogP contribution is -2.37. The molecule has 0 bridgehead atoms. The first-order chi connectivity index (χ1) is 12.6. The molecule has 5 nitrogen and oxygen atoms in total. The molecule has 6 heteroatoms. The molecule has 0 spiro atoms. The molecule has 2 aliphatic rings. The summed E-state index contributed by atoms with van der Waals surface area (Å²) in [4.78, 5) is 26.0. The zero-order valence-corrected chi connectivity index (χ0v) is 15.0. The van der Waals surface area contributed by atoms with E-state index in [2.05, 4.69) is 16.9 Å². The molecule has 3 heterocycles. The van der Waals surface area contributed by atoms with Crippen LogP contribution in [0.2, 0.25) is 0 Å². The summed E-state index contributed by atoms with van der Waals surface area (Å²) in [5.74, 6) is 1.06. The highest BCUT2D eigenvalue weighted by Gasteiger charge is 2.27. The molecule has 2 aliphatic heterocycles. The minimum absolute atomic E-state index is 0.0164. The molecule has 1 fully saturated rings. The maximum absolute atomic E-state index is 13.3. The summed E-state index contributed by atoms with van der Waals surface area (Å²) in [5.41, 5.74) is 2.80. The SMILES string of the molecule is CN1CCC(c2ncc3c(n2)CCN(C(=O)Cc2cccc(F)c2)C3)C1. The maximum atomic E-state index is 13.3. The van der Waals surface area contributed by atoms with Gasteiger partial charge in [0, 0.05) is 43.7 Å². The second-order valence-corrected chi connectivity index (χ2v) is 7.32. The van der Waals surface area contributed by atoms with Gasteiger partial charge in [-0.2, -0.15) is 0 Å². The lowest BCUT2D eigenvalue weighted by Gasteiger charge is -2.28. The third-order valence-corrected chi connectivity index (χ3v) is 5.31. The van der Waals surface area contributed by atoms with E-state index in [4.69, 9.17) is 4.98 Å². The van der Waals surface area contributed by atoms with Crippen LogP contribution < -0.4 is 0 Å². The fraction of sp³-hybridized carbons (Fsp3) is 0.450. The van der Waals surface area contributed by atoms with E-state index in [0.717, 1.165) is 43.0 Å². The molecular formula is C20H23FN4O. The first kappa shape index (κ1) is 17.1. The normalized spacial score (nSPS) is 20.2. The minimum atomic E-state index is -0.308. The molecule has 0 saturated carbocycles. The Balaban J connectivity index is 1.43. The van der Waals surface area contributed by atoms with Crippen LogP contribution >= 0.6 is 0 Å². The van der Waals surface area contributed by atoms with Crippen LogP contribution in [0.3, 0.4) is 0 Å². The van der Waals surface area contributed by atoms with Gasteiger partial charge in [-0.15, -0.1) is 0 Å². The number of aromatic nitrogens is 2. The van der Waals surface area contributed by atoms with Crippen LogP contribution in [0.5, 0.6) is 0 Å². The van der Waals surface area contributed by atoms with Gasteiger partial charge >= 0.3 is 0 Å². The molecular weight excluding hydrogens is 331 g/mol. The number of carbonyl (C=O) groups excluding carboxylic acids is 1. The van der Waals surface area contributed by atoms with E-state index in [1.165, 1.54) is 12.1 Å². The number of likely N-dealkylation sites (tertiary alicyclic amines) is 1. The lowest BCUT2D eigenvalue weighted by atomic mass is 10.0. The van der Waals surface area contributed by atoms with Gasteiger partial charge in [0.2, 0.25) is 5.91 Å². The molecule has 2 aromatic rings. The molecule has 26 heavy (non-hydrogen) atoms. The Hall–Kier alpha value is -2.34. The van der Waals surface area contributed by atoms with Crippen LogP contribution in [-0.2, 0) is 24.2 Å². The summed E-state index contributed by atoms with van der Waals surface area (Å²) in [6.07, 6.45) is 3.97. The molecule has 136 valence electrons. The largest absolute Gasteiger partial charge is 0.338 e. The maximum Gasteiger partial charge on any atom is 0.227 e. The van der Waals surface area contributed by atoms with Gasteiger partial charge in [-0.25, -0.2) is 14.4 Å². The number of hydrogen-bond donors (Lipinski definition) is 0. The number of fused-ring (bicyclic) bond motifs is 1. The predicted molar refractivity (Wildman–Crippen MR) is 96.1 cm³/mol. The summed E-state index contributed by atoms with van der Waals surface area (Å²) < 4.78 is 13.3. The molecule has 1 aromatic carbocycles. The monoisotopic (exact) mass is 354 g/mol. The van der Waals surface area contributed by atoms with Crippen LogP contribution in [0.25, 0.3) is 0 Å². The molecule has 0 N–H and O–H groups in total. The number of carbonyl (C=O) groups is 1. The first-order valence-corrected chi connectivity index (χ1v) is 9.14. The second-order valence-electron chi connectivity index (χ2n) is 7.32. The fourth-order valence-electron chi connectivity index (χ4n) is 3.82. The molecule has 1 saturated heterocycles. The van der Waals surface area contributed by atoms with E-state index in [9.17, 15) is 9.18 Å². The Morgan fingerprint density at radius 1 is 1.35 bits per heavy atom. The average Bonchev–Trinajstić information content (AvgIpc) is 3.07. The van der Waals surface area contributed by atoms with Crippen molar-refractivity contribution in [2.45, 2.75) is 31.7 Å². The van der Waals surface area contributed by atoms with Gasteiger partial charge in [-0.05, 0) is 37.7 Å². The number of halogens is 1. The standard InChI is InChI=1S/C20H23FN4O/c1-24-7-5-15(12-24)20-22-11-16-13-25(8-6-18(16)23-20)19(26)10-14-3-2-4-17(21)9-14/h2-4,9,11,15H,5-8,10,12-13H2,1H3. The van der Waals surface area contributed by atoms with Gasteiger partial charge in [-0.1, -0.05) is 12.1 Å². The van der Waals surface area contributed by atoms with Gasteiger partial charge in [-0.3, -0.25) is 4.79 Å². The van der Waals surface area contributed by atoms with Gasteiger partial charge in [0.1, 0.15) is 11.6 Å². The van der Waals surface area contributed by atoms with Crippen LogP contribution in [0.4, 0.5) is 4.39 Å². The smallest absolute Gasteiger partial charge is 0.227 e. The first-order valence-electron chi connectivity index (χ1n) is 9.14. The Bertz CT molecular complexity index is 825. The van der Waals surface area contributed by atoms with Gasteiger partial charge in [0.05, 0.1) is 12.1 Å². The Labute approximate surface area is 152 Å². The van der Waals surface area contributed by atoms with Crippen LogP contribution in [-0.4, -0.2) is 52.4 Å². The highest BCUT2D eigenvalue weighted by atomic mass is 19.1. The van der Waals surface area contributed by atoms with Crippen LogP contribution in [0.15, 0.2) is 30.5 Å². The van der Waals surface area contributed by atoms with Crippen molar-refractivity contribution in [3.05, 3.63) is 58.9 Å². The molecule has 4 rings (SSSR count). The fourth-order valence-corrected chi connectivity index (χ4v) is 3.82. The summed E-state index contributed by atoms with van der Waals surface area (Å²) in [7, 11) is 2.13. The Morgan fingerprint density at radius 2 is 2.23 bits per heavy atom. The molecule has 0 radical (unpaired) electrons. The quantitative estimate of drug-likeness (QED) is 0.848. The summed E-state index contributed by atoms with van der Waals surface area (Å²) in [5, 5.41) is 0. The topological polar surface area (TPSA) is 49.3 Å². The number of benzene rings is 1. The third kappa shape index (κ3) is 3.60. The molecule has 0 aliphatic carbocycles. The van der Waals surface area contributed by atoms with E-state index in [1.807, 2.05) is 11.1 Å². The predicted octanol–water partition coefficient (Wildman–Crippen LogP) is 2.16. The van der Waals surface area contributed by atoms with E-state index in [-0.39, 0.29) is 18.1 Å². The van der Waals surface area contributed by atoms with E-state index in [1.54, 1.807) is 12.1 Å². The zero-order chi connectivity index (χ0) is 18.1. The van der Waals surface area contributed by atoms with Gasteiger partial charge in [0.15, 0.2) is 0 Å². The van der Waals surface area contributed by atoms with E-state index >= 15 is 0 Å². The van der Waals surface area contributed by atoms with Crippen LogP contribution in [0, 0.1) is 5.82 Å². The van der Waals surface area contributed by atoms with E-state index in [0.29, 0.717) is 24.6 Å².